The van der Waals surface area contributed by atoms with Crippen molar-refractivity contribution in [2.24, 2.45) is 5.73 Å². The average molecular weight is 515 g/mol. The van der Waals surface area contributed by atoms with E-state index in [1.165, 1.54) is 30.5 Å². The maximum atomic E-state index is 15.0. The Balaban J connectivity index is 0.00000306. The quantitative estimate of drug-likeness (QED) is 0.299. The molecule has 1 radical (unpaired) electrons. The number of benzene rings is 2. The molecule has 0 aliphatic carbocycles. The SMILES string of the molecule is CNS(=O)(=O)c1cccc(C(N)c2c(C)c3ccc(Oc4nccs4)cc3oc2=O)c1F.[K]. The minimum absolute atomic E-state index is 0. The van der Waals surface area contributed by atoms with E-state index in [1.807, 2.05) is 0 Å². The van der Waals surface area contributed by atoms with Gasteiger partial charge < -0.3 is 14.9 Å². The Labute approximate surface area is 235 Å². The molecule has 2 aromatic heterocycles. The van der Waals surface area contributed by atoms with Gasteiger partial charge in [-0.15, -0.1) is 0 Å². The summed E-state index contributed by atoms with van der Waals surface area (Å²) in [5, 5.41) is 2.79. The third-order valence-electron chi connectivity index (χ3n) is 5.00. The smallest absolute Gasteiger partial charge is 0.341 e. The fourth-order valence-corrected chi connectivity index (χ4v) is 4.71. The fraction of sp³-hybridized carbons (Fsp3) is 0.143. The Bertz CT molecular complexity index is 1470. The number of sulfonamides is 1. The predicted molar refractivity (Wildman–Crippen MR) is 124 cm³/mol. The molecule has 4 aromatic rings. The summed E-state index contributed by atoms with van der Waals surface area (Å²) in [6.07, 6.45) is 1.61. The van der Waals surface area contributed by atoms with Crippen LogP contribution in [0.1, 0.15) is 22.7 Å². The monoisotopic (exact) mass is 514 g/mol. The molecule has 4 rings (SSSR count). The molecule has 0 fully saturated rings. The van der Waals surface area contributed by atoms with Gasteiger partial charge in [-0.3, -0.25) is 0 Å². The number of fused-ring (bicyclic) bond motifs is 1. The molecule has 1 unspecified atom stereocenters. The Morgan fingerprint density at radius 1 is 1.27 bits per heavy atom. The Kier molecular flexibility index (Phi) is 8.25. The maximum Gasteiger partial charge on any atom is 0.341 e. The zero-order chi connectivity index (χ0) is 23.0. The van der Waals surface area contributed by atoms with Gasteiger partial charge in [0.25, 0.3) is 5.19 Å². The van der Waals surface area contributed by atoms with E-state index >= 15 is 4.39 Å². The average Bonchev–Trinajstić information content (AvgIpc) is 3.26. The van der Waals surface area contributed by atoms with Crippen molar-refractivity contribution < 1.29 is 22.0 Å². The second-order valence-corrected chi connectivity index (χ2v) is 9.54. The van der Waals surface area contributed by atoms with Crippen molar-refractivity contribution in [2.75, 3.05) is 7.05 Å². The summed E-state index contributed by atoms with van der Waals surface area (Å²) >= 11 is 1.31. The van der Waals surface area contributed by atoms with Crippen LogP contribution < -0.4 is 20.8 Å². The van der Waals surface area contributed by atoms with Crippen molar-refractivity contribution in [3.63, 3.8) is 0 Å². The van der Waals surface area contributed by atoms with Crippen molar-refractivity contribution in [1.82, 2.24) is 9.71 Å². The summed E-state index contributed by atoms with van der Waals surface area (Å²) in [5.74, 6) is -0.594. The van der Waals surface area contributed by atoms with E-state index in [0.717, 1.165) is 6.07 Å². The first-order valence-electron chi connectivity index (χ1n) is 9.35. The molecular formula is C21H18FKN3O5S2. The minimum atomic E-state index is -4.05. The third-order valence-corrected chi connectivity index (χ3v) is 7.08. The van der Waals surface area contributed by atoms with Crippen LogP contribution >= 0.6 is 11.3 Å². The molecule has 0 saturated heterocycles. The normalized spacial score (nSPS) is 12.4. The number of hydrogen-bond acceptors (Lipinski definition) is 8. The number of nitrogens with two attached hydrogens (primary N) is 1. The summed E-state index contributed by atoms with van der Waals surface area (Å²) in [6, 6.07) is 7.52. The summed E-state index contributed by atoms with van der Waals surface area (Å²) < 4.78 is 52.4. The fourth-order valence-electron chi connectivity index (χ4n) is 3.38. The molecule has 0 aliphatic rings. The van der Waals surface area contributed by atoms with Crippen LogP contribution in [0.3, 0.4) is 0 Å². The predicted octanol–water partition coefficient (Wildman–Crippen LogP) is 3.06. The van der Waals surface area contributed by atoms with E-state index in [2.05, 4.69) is 9.71 Å². The zero-order valence-corrected chi connectivity index (χ0v) is 22.7. The molecule has 0 saturated carbocycles. The number of halogens is 1. The van der Waals surface area contributed by atoms with Gasteiger partial charge in [0.2, 0.25) is 10.0 Å². The summed E-state index contributed by atoms with van der Waals surface area (Å²) in [7, 11) is -2.87. The molecule has 0 bridgehead atoms. The van der Waals surface area contributed by atoms with Crippen LogP contribution in [0.5, 0.6) is 10.9 Å². The van der Waals surface area contributed by atoms with Crippen LogP contribution in [-0.4, -0.2) is 71.8 Å². The molecule has 0 aliphatic heterocycles. The molecule has 12 heteroatoms. The van der Waals surface area contributed by atoms with Crippen LogP contribution in [-0.2, 0) is 10.0 Å². The van der Waals surface area contributed by atoms with Gasteiger partial charge in [0, 0.05) is 80.0 Å². The van der Waals surface area contributed by atoms with Crippen molar-refractivity contribution in [3.05, 3.63) is 80.9 Å². The number of ether oxygens (including phenoxy) is 1. The number of rotatable bonds is 6. The Morgan fingerprint density at radius 3 is 2.70 bits per heavy atom. The number of aryl methyl sites for hydroxylation is 1. The van der Waals surface area contributed by atoms with Gasteiger partial charge in [0.1, 0.15) is 22.0 Å². The largest absolute Gasteiger partial charge is 0.431 e. The number of nitrogens with zero attached hydrogens (tertiary/aromatic N) is 1. The van der Waals surface area contributed by atoms with Crippen molar-refractivity contribution in [3.8, 4) is 10.9 Å². The molecule has 1 atom stereocenters. The topological polar surface area (TPSA) is 125 Å². The van der Waals surface area contributed by atoms with E-state index in [9.17, 15) is 13.2 Å². The van der Waals surface area contributed by atoms with Gasteiger partial charge in [-0.25, -0.2) is 27.3 Å². The molecule has 2 heterocycles. The van der Waals surface area contributed by atoms with Crippen molar-refractivity contribution in [2.45, 2.75) is 17.9 Å². The summed E-state index contributed by atoms with van der Waals surface area (Å²) in [5.41, 5.74) is 6.13. The number of nitrogens with one attached hydrogen (secondary N) is 1. The first-order chi connectivity index (χ1) is 15.2. The van der Waals surface area contributed by atoms with E-state index < -0.39 is 32.4 Å². The van der Waals surface area contributed by atoms with Crippen molar-refractivity contribution in [1.29, 1.82) is 0 Å². The third kappa shape index (κ3) is 5.14. The standard InChI is InChI=1S/C21H18FN3O5S2.K/c1-11-13-7-6-12(29-21-25-8-9-31-21)10-15(13)30-20(26)17(11)19(23)14-4-3-5-16(18(14)22)32(27,28)24-2;/h3-10,19,24H,23H2,1-2H3;. The maximum absolute atomic E-state index is 15.0. The molecule has 0 amide bonds. The van der Waals surface area contributed by atoms with Gasteiger partial charge in [-0.2, -0.15) is 0 Å². The van der Waals surface area contributed by atoms with Gasteiger partial charge in [0.15, 0.2) is 0 Å². The first-order valence-corrected chi connectivity index (χ1v) is 11.7. The van der Waals surface area contributed by atoms with Crippen molar-refractivity contribution >= 4 is 83.7 Å². The van der Waals surface area contributed by atoms with E-state index in [1.54, 1.807) is 36.7 Å². The van der Waals surface area contributed by atoms with Crippen LogP contribution in [0.15, 0.2) is 62.1 Å². The molecular weight excluding hydrogens is 496 g/mol. The number of hydrogen-bond donors (Lipinski definition) is 2. The van der Waals surface area contributed by atoms with E-state index in [-0.39, 0.29) is 68.1 Å². The number of aromatic nitrogens is 1. The van der Waals surface area contributed by atoms with E-state index in [4.69, 9.17) is 14.9 Å². The second-order valence-electron chi connectivity index (χ2n) is 6.83. The van der Waals surface area contributed by atoms with Crippen LogP contribution in [0.25, 0.3) is 11.0 Å². The molecule has 8 nitrogen and oxygen atoms in total. The summed E-state index contributed by atoms with van der Waals surface area (Å²) in [6.45, 7) is 1.67. The molecule has 167 valence electrons. The molecule has 33 heavy (non-hydrogen) atoms. The van der Waals surface area contributed by atoms with Crippen LogP contribution in [0.2, 0.25) is 0 Å². The van der Waals surface area contributed by atoms with Gasteiger partial charge in [-0.05, 0) is 37.7 Å². The number of thiazole rings is 1. The van der Waals surface area contributed by atoms with Gasteiger partial charge in [-0.1, -0.05) is 23.5 Å². The van der Waals surface area contributed by atoms with Crippen LogP contribution in [0.4, 0.5) is 4.39 Å². The van der Waals surface area contributed by atoms with E-state index in [0.29, 0.717) is 21.9 Å². The van der Waals surface area contributed by atoms with Crippen LogP contribution in [0, 0.1) is 12.7 Å². The molecule has 2 aromatic carbocycles. The minimum Gasteiger partial charge on any atom is -0.431 e. The van der Waals surface area contributed by atoms with Gasteiger partial charge in [0.05, 0.1) is 11.6 Å². The first kappa shape index (κ1) is 26.1. The second kappa shape index (κ2) is 10.4. The Morgan fingerprint density at radius 2 is 2.03 bits per heavy atom. The zero-order valence-electron chi connectivity index (χ0n) is 18.0. The Hall–Kier alpha value is -1.48. The van der Waals surface area contributed by atoms with Gasteiger partial charge >= 0.3 is 5.63 Å². The molecule has 0 spiro atoms. The molecule has 3 N–H and O–H groups in total. The summed E-state index contributed by atoms with van der Waals surface area (Å²) in [4.78, 5) is 16.3.